The van der Waals surface area contributed by atoms with Gasteiger partial charge in [-0.3, -0.25) is 4.57 Å². The van der Waals surface area contributed by atoms with Gasteiger partial charge in [0, 0.05) is 5.69 Å². The lowest BCUT2D eigenvalue weighted by Crippen LogP contribution is -2.38. The van der Waals surface area contributed by atoms with Crippen molar-refractivity contribution < 1.29 is 0 Å². The van der Waals surface area contributed by atoms with Crippen molar-refractivity contribution in [3.63, 3.8) is 0 Å². The Morgan fingerprint density at radius 2 is 1.94 bits per heavy atom. The number of hydrogen-bond acceptors (Lipinski definition) is 3. The minimum absolute atomic E-state index is 0.193. The van der Waals surface area contributed by atoms with E-state index in [1.54, 1.807) is 6.33 Å². The lowest BCUT2D eigenvalue weighted by molar-refractivity contribution is 0.385. The number of aromatic nitrogens is 3. The molecule has 0 aliphatic rings. The van der Waals surface area contributed by atoms with Gasteiger partial charge in [-0.2, -0.15) is 0 Å². The summed E-state index contributed by atoms with van der Waals surface area (Å²) in [4.78, 5) is 0. The summed E-state index contributed by atoms with van der Waals surface area (Å²) in [5.41, 5.74) is 0.889. The fraction of sp³-hybridized carbons (Fsp3) is 0.385. The summed E-state index contributed by atoms with van der Waals surface area (Å²) in [7, 11) is 0. The van der Waals surface area contributed by atoms with E-state index in [0.29, 0.717) is 0 Å². The van der Waals surface area contributed by atoms with E-state index in [1.807, 2.05) is 22.8 Å². The molecular formula is C13H18N4. The van der Waals surface area contributed by atoms with Crippen LogP contribution in [0, 0.1) is 0 Å². The molecule has 0 saturated heterocycles. The minimum atomic E-state index is -0.193. The molecular weight excluding hydrogens is 212 g/mol. The van der Waals surface area contributed by atoms with E-state index in [-0.39, 0.29) is 5.54 Å². The first-order chi connectivity index (χ1) is 8.15. The standard InChI is InChI=1S/C13H18N4/c1-4-14-13(2,3)12-16-15-10-17(12)11-8-6-5-7-9-11/h5-10,14H,4H2,1-3H3. The summed E-state index contributed by atoms with van der Waals surface area (Å²) in [5, 5.41) is 11.7. The first-order valence-electron chi connectivity index (χ1n) is 5.86. The van der Waals surface area contributed by atoms with Gasteiger partial charge >= 0.3 is 0 Å². The van der Waals surface area contributed by atoms with Gasteiger partial charge in [0.2, 0.25) is 0 Å². The van der Waals surface area contributed by atoms with Gasteiger partial charge in [0.15, 0.2) is 5.82 Å². The second-order valence-electron chi connectivity index (χ2n) is 4.52. The first kappa shape index (κ1) is 11.8. The van der Waals surface area contributed by atoms with Crippen LogP contribution in [0.15, 0.2) is 36.7 Å². The second-order valence-corrected chi connectivity index (χ2v) is 4.52. The third-order valence-corrected chi connectivity index (χ3v) is 2.76. The molecule has 2 rings (SSSR count). The molecule has 1 heterocycles. The lowest BCUT2D eigenvalue weighted by Gasteiger charge is -2.25. The van der Waals surface area contributed by atoms with E-state index in [0.717, 1.165) is 18.1 Å². The van der Waals surface area contributed by atoms with E-state index < -0.39 is 0 Å². The van der Waals surface area contributed by atoms with Crippen molar-refractivity contribution in [3.05, 3.63) is 42.5 Å². The molecule has 0 fully saturated rings. The molecule has 2 aromatic rings. The van der Waals surface area contributed by atoms with Gasteiger partial charge in [-0.25, -0.2) is 0 Å². The largest absolute Gasteiger partial charge is 0.305 e. The molecule has 90 valence electrons. The van der Waals surface area contributed by atoms with Crippen LogP contribution in [0.5, 0.6) is 0 Å². The van der Waals surface area contributed by atoms with Crippen LogP contribution in [0.1, 0.15) is 26.6 Å². The Morgan fingerprint density at radius 3 is 2.59 bits per heavy atom. The molecule has 4 heteroatoms. The van der Waals surface area contributed by atoms with Gasteiger partial charge in [0.05, 0.1) is 5.54 Å². The van der Waals surface area contributed by atoms with Crippen molar-refractivity contribution in [2.75, 3.05) is 6.54 Å². The second kappa shape index (κ2) is 4.67. The maximum absolute atomic E-state index is 4.23. The molecule has 0 aliphatic heterocycles. The van der Waals surface area contributed by atoms with Crippen molar-refractivity contribution in [2.24, 2.45) is 0 Å². The van der Waals surface area contributed by atoms with Crippen LogP contribution < -0.4 is 5.32 Å². The number of rotatable bonds is 4. The molecule has 0 aliphatic carbocycles. The van der Waals surface area contributed by atoms with Crippen LogP contribution in [0.4, 0.5) is 0 Å². The predicted molar refractivity (Wildman–Crippen MR) is 68.1 cm³/mol. The highest BCUT2D eigenvalue weighted by Gasteiger charge is 2.25. The van der Waals surface area contributed by atoms with Gasteiger partial charge in [-0.05, 0) is 32.5 Å². The van der Waals surface area contributed by atoms with E-state index in [4.69, 9.17) is 0 Å². The Labute approximate surface area is 102 Å². The molecule has 4 nitrogen and oxygen atoms in total. The van der Waals surface area contributed by atoms with Gasteiger partial charge in [0.25, 0.3) is 0 Å². The number of nitrogens with one attached hydrogen (secondary N) is 1. The molecule has 1 aromatic heterocycles. The van der Waals surface area contributed by atoms with Crippen LogP contribution in [0.25, 0.3) is 5.69 Å². The van der Waals surface area contributed by atoms with Gasteiger partial charge in [-0.1, -0.05) is 25.1 Å². The molecule has 0 atom stereocenters. The summed E-state index contributed by atoms with van der Waals surface area (Å²) in [6, 6.07) is 10.1. The van der Waals surface area contributed by atoms with Crippen molar-refractivity contribution in [1.29, 1.82) is 0 Å². The Hall–Kier alpha value is -1.68. The zero-order chi connectivity index (χ0) is 12.3. The topological polar surface area (TPSA) is 42.7 Å². The summed E-state index contributed by atoms with van der Waals surface area (Å²) >= 11 is 0. The highest BCUT2D eigenvalue weighted by molar-refractivity contribution is 5.33. The quantitative estimate of drug-likeness (QED) is 0.874. The predicted octanol–water partition coefficient (Wildman–Crippen LogP) is 2.11. The molecule has 0 amide bonds. The van der Waals surface area contributed by atoms with Crippen molar-refractivity contribution in [2.45, 2.75) is 26.3 Å². The average Bonchev–Trinajstić information content (AvgIpc) is 2.79. The summed E-state index contributed by atoms with van der Waals surface area (Å²) < 4.78 is 2.02. The van der Waals surface area contributed by atoms with Gasteiger partial charge in [0.1, 0.15) is 6.33 Å². The smallest absolute Gasteiger partial charge is 0.157 e. The number of para-hydroxylation sites is 1. The molecule has 1 N–H and O–H groups in total. The van der Waals surface area contributed by atoms with Crippen LogP contribution in [0.3, 0.4) is 0 Å². The Morgan fingerprint density at radius 1 is 1.24 bits per heavy atom. The lowest BCUT2D eigenvalue weighted by atomic mass is 10.0. The zero-order valence-corrected chi connectivity index (χ0v) is 10.5. The Balaban J connectivity index is 2.42. The van der Waals surface area contributed by atoms with E-state index in [1.165, 1.54) is 0 Å². The summed E-state index contributed by atoms with van der Waals surface area (Å²) in [5.74, 6) is 0.922. The van der Waals surface area contributed by atoms with Crippen molar-refractivity contribution in [1.82, 2.24) is 20.1 Å². The third kappa shape index (κ3) is 2.36. The highest BCUT2D eigenvalue weighted by Crippen LogP contribution is 2.20. The van der Waals surface area contributed by atoms with Crippen LogP contribution in [0.2, 0.25) is 0 Å². The molecule has 0 saturated carbocycles. The van der Waals surface area contributed by atoms with E-state index >= 15 is 0 Å². The number of hydrogen-bond donors (Lipinski definition) is 1. The number of nitrogens with zero attached hydrogens (tertiary/aromatic N) is 3. The zero-order valence-electron chi connectivity index (χ0n) is 10.5. The van der Waals surface area contributed by atoms with Gasteiger partial charge < -0.3 is 5.32 Å². The summed E-state index contributed by atoms with van der Waals surface area (Å²) in [6.45, 7) is 7.21. The SMILES string of the molecule is CCNC(C)(C)c1nncn1-c1ccccc1. The van der Waals surface area contributed by atoms with Crippen LogP contribution in [-0.2, 0) is 5.54 Å². The summed E-state index contributed by atoms with van der Waals surface area (Å²) in [6.07, 6.45) is 1.75. The maximum Gasteiger partial charge on any atom is 0.157 e. The monoisotopic (exact) mass is 230 g/mol. The minimum Gasteiger partial charge on any atom is -0.305 e. The number of benzene rings is 1. The molecule has 0 radical (unpaired) electrons. The molecule has 17 heavy (non-hydrogen) atoms. The van der Waals surface area contributed by atoms with E-state index in [9.17, 15) is 0 Å². The van der Waals surface area contributed by atoms with Crippen molar-refractivity contribution >= 4 is 0 Å². The molecule has 0 spiro atoms. The Bertz CT molecular complexity index is 473. The third-order valence-electron chi connectivity index (χ3n) is 2.76. The Kier molecular flexibility index (Phi) is 3.24. The van der Waals surface area contributed by atoms with Gasteiger partial charge in [-0.15, -0.1) is 10.2 Å². The maximum atomic E-state index is 4.23. The fourth-order valence-electron chi connectivity index (χ4n) is 1.96. The van der Waals surface area contributed by atoms with Crippen molar-refractivity contribution in [3.8, 4) is 5.69 Å². The fourth-order valence-corrected chi connectivity index (χ4v) is 1.96. The highest BCUT2D eigenvalue weighted by atomic mass is 15.3. The van der Waals surface area contributed by atoms with E-state index in [2.05, 4.69) is 48.4 Å². The first-order valence-corrected chi connectivity index (χ1v) is 5.86. The normalized spacial score (nSPS) is 11.7. The molecule has 1 aromatic carbocycles. The van der Waals surface area contributed by atoms with Crippen LogP contribution in [-0.4, -0.2) is 21.3 Å². The van der Waals surface area contributed by atoms with Crippen LogP contribution >= 0.6 is 0 Å². The molecule has 0 unspecified atom stereocenters. The average molecular weight is 230 g/mol. The molecule has 0 bridgehead atoms.